The van der Waals surface area contributed by atoms with Gasteiger partial charge in [-0.2, -0.15) is 0 Å². The van der Waals surface area contributed by atoms with Crippen LogP contribution in [-0.4, -0.2) is 24.9 Å². The maximum Gasteiger partial charge on any atom is 0.136 e. The van der Waals surface area contributed by atoms with Gasteiger partial charge in [-0.3, -0.25) is 0 Å². The molecule has 94 valence electrons. The lowest BCUT2D eigenvalue weighted by Crippen LogP contribution is -2.59. The quantitative estimate of drug-likeness (QED) is 0.929. The monoisotopic (exact) mass is 303 g/mol. The van der Waals surface area contributed by atoms with Crippen molar-refractivity contribution in [2.75, 3.05) is 6.61 Å². The summed E-state index contributed by atoms with van der Waals surface area (Å²) >= 11 is 3.32. The smallest absolute Gasteiger partial charge is 0.136 e. The predicted octanol–water partition coefficient (Wildman–Crippen LogP) is 2.47. The highest BCUT2D eigenvalue weighted by Gasteiger charge is 2.41. The summed E-state index contributed by atoms with van der Waals surface area (Å²) in [6, 6.07) is 4.37. The first-order valence-electron chi connectivity index (χ1n) is 5.60. The van der Waals surface area contributed by atoms with Gasteiger partial charge in [0, 0.05) is 25.1 Å². The van der Waals surface area contributed by atoms with Gasteiger partial charge in [0.05, 0.1) is 4.47 Å². The van der Waals surface area contributed by atoms with Crippen molar-refractivity contribution in [2.24, 2.45) is 5.73 Å². The molecular weight excluding hydrogens is 289 g/mol. The van der Waals surface area contributed by atoms with E-state index < -0.39 is 0 Å². The first-order chi connectivity index (χ1) is 8.11. The number of hydrogen-bond donors (Lipinski definition) is 1. The molecule has 3 unspecified atom stereocenters. The Kier molecular flexibility index (Phi) is 4.01. The van der Waals surface area contributed by atoms with Crippen LogP contribution in [0.2, 0.25) is 0 Å². The summed E-state index contributed by atoms with van der Waals surface area (Å²) in [5.41, 5.74) is 5.83. The summed E-state index contributed by atoms with van der Waals surface area (Å²) in [6.07, 6.45) is 0.534. The summed E-state index contributed by atoms with van der Waals surface area (Å²) in [4.78, 5) is 0. The molecule has 0 amide bonds. The third-order valence-electron chi connectivity index (χ3n) is 2.82. The second kappa shape index (κ2) is 5.33. The highest BCUT2D eigenvalue weighted by atomic mass is 79.9. The van der Waals surface area contributed by atoms with E-state index in [4.69, 9.17) is 15.2 Å². The summed E-state index contributed by atoms with van der Waals surface area (Å²) < 4.78 is 25.0. The lowest BCUT2D eigenvalue weighted by Gasteiger charge is -2.41. The van der Waals surface area contributed by atoms with Crippen molar-refractivity contribution in [1.82, 2.24) is 0 Å². The molecule has 2 rings (SSSR count). The standard InChI is InChI=1S/C12H15BrFNO2/c1-2-16-12-9(15)6-11(12)17-10-5-7(14)3-4-8(10)13/h3-5,9,11-12H,2,6,15H2,1H3. The number of nitrogens with two attached hydrogens (primary N) is 1. The van der Waals surface area contributed by atoms with Gasteiger partial charge in [0.2, 0.25) is 0 Å². The van der Waals surface area contributed by atoms with Gasteiger partial charge in [0.25, 0.3) is 0 Å². The number of rotatable bonds is 4. The zero-order valence-electron chi connectivity index (χ0n) is 9.53. The fourth-order valence-corrected chi connectivity index (χ4v) is 2.23. The topological polar surface area (TPSA) is 44.5 Å². The molecule has 1 aliphatic carbocycles. The molecule has 1 saturated carbocycles. The fraction of sp³-hybridized carbons (Fsp3) is 0.500. The average molecular weight is 304 g/mol. The molecule has 0 bridgehead atoms. The summed E-state index contributed by atoms with van der Waals surface area (Å²) in [7, 11) is 0. The van der Waals surface area contributed by atoms with Crippen LogP contribution in [0.25, 0.3) is 0 Å². The van der Waals surface area contributed by atoms with Crippen LogP contribution in [-0.2, 0) is 4.74 Å². The van der Waals surface area contributed by atoms with Crippen LogP contribution in [0.5, 0.6) is 5.75 Å². The van der Waals surface area contributed by atoms with Crippen LogP contribution in [0.4, 0.5) is 4.39 Å². The van der Waals surface area contributed by atoms with Crippen molar-refractivity contribution in [1.29, 1.82) is 0 Å². The minimum atomic E-state index is -0.320. The Hall–Kier alpha value is -0.650. The van der Waals surface area contributed by atoms with Gasteiger partial charge in [-0.15, -0.1) is 0 Å². The van der Waals surface area contributed by atoms with Crippen molar-refractivity contribution in [3.63, 3.8) is 0 Å². The van der Waals surface area contributed by atoms with E-state index in [1.54, 1.807) is 6.07 Å². The number of halogens is 2. The molecule has 0 saturated heterocycles. The molecule has 5 heteroatoms. The Morgan fingerprint density at radius 2 is 2.29 bits per heavy atom. The van der Waals surface area contributed by atoms with E-state index in [9.17, 15) is 4.39 Å². The maximum absolute atomic E-state index is 13.1. The summed E-state index contributed by atoms with van der Waals surface area (Å²) in [5, 5.41) is 0. The molecular formula is C12H15BrFNO2. The fourth-order valence-electron chi connectivity index (χ4n) is 1.89. The molecule has 17 heavy (non-hydrogen) atoms. The largest absolute Gasteiger partial charge is 0.486 e. The van der Waals surface area contributed by atoms with Crippen LogP contribution < -0.4 is 10.5 Å². The molecule has 3 atom stereocenters. The van der Waals surface area contributed by atoms with Gasteiger partial charge in [-0.05, 0) is 35.0 Å². The van der Waals surface area contributed by atoms with Gasteiger partial charge >= 0.3 is 0 Å². The molecule has 0 spiro atoms. The summed E-state index contributed by atoms with van der Waals surface area (Å²) in [5.74, 6) is 0.173. The average Bonchev–Trinajstić information content (AvgIpc) is 2.30. The van der Waals surface area contributed by atoms with Crippen molar-refractivity contribution >= 4 is 15.9 Å². The molecule has 2 N–H and O–H groups in total. The molecule has 1 aromatic rings. The van der Waals surface area contributed by atoms with E-state index in [0.29, 0.717) is 12.4 Å². The van der Waals surface area contributed by atoms with Crippen LogP contribution in [0.1, 0.15) is 13.3 Å². The van der Waals surface area contributed by atoms with Crippen molar-refractivity contribution < 1.29 is 13.9 Å². The molecule has 0 radical (unpaired) electrons. The third-order valence-corrected chi connectivity index (χ3v) is 3.48. The van der Waals surface area contributed by atoms with Crippen LogP contribution >= 0.6 is 15.9 Å². The predicted molar refractivity (Wildman–Crippen MR) is 66.5 cm³/mol. The second-order valence-electron chi connectivity index (χ2n) is 4.05. The Balaban J connectivity index is 2.03. The minimum absolute atomic E-state index is 0.00675. The Morgan fingerprint density at radius 3 is 2.94 bits per heavy atom. The van der Waals surface area contributed by atoms with Gasteiger partial charge in [0.15, 0.2) is 0 Å². The van der Waals surface area contributed by atoms with Crippen LogP contribution in [0.3, 0.4) is 0 Å². The Labute approximate surface area is 108 Å². The van der Waals surface area contributed by atoms with E-state index >= 15 is 0 Å². The SMILES string of the molecule is CCOC1C(N)CC1Oc1cc(F)ccc1Br. The first kappa shape index (κ1) is 12.8. The van der Waals surface area contributed by atoms with Crippen LogP contribution in [0.15, 0.2) is 22.7 Å². The molecule has 0 aliphatic heterocycles. The molecule has 3 nitrogen and oxygen atoms in total. The second-order valence-corrected chi connectivity index (χ2v) is 4.90. The number of benzene rings is 1. The minimum Gasteiger partial charge on any atom is -0.486 e. The van der Waals surface area contributed by atoms with E-state index in [0.717, 1.165) is 10.9 Å². The number of hydrogen-bond acceptors (Lipinski definition) is 3. The molecule has 1 aromatic carbocycles. The number of ether oxygens (including phenoxy) is 2. The van der Waals surface area contributed by atoms with E-state index in [1.807, 2.05) is 6.92 Å². The Bertz CT molecular complexity index is 402. The Morgan fingerprint density at radius 1 is 1.53 bits per heavy atom. The molecule has 0 heterocycles. The molecule has 1 fully saturated rings. The van der Waals surface area contributed by atoms with E-state index in [1.165, 1.54) is 12.1 Å². The third kappa shape index (κ3) is 2.78. The van der Waals surface area contributed by atoms with Gasteiger partial charge in [-0.25, -0.2) is 4.39 Å². The lowest BCUT2D eigenvalue weighted by atomic mass is 9.86. The van der Waals surface area contributed by atoms with E-state index in [2.05, 4.69) is 15.9 Å². The van der Waals surface area contributed by atoms with Crippen molar-refractivity contribution in [3.8, 4) is 5.75 Å². The summed E-state index contributed by atoms with van der Waals surface area (Å²) in [6.45, 7) is 2.52. The zero-order chi connectivity index (χ0) is 12.4. The van der Waals surface area contributed by atoms with Gasteiger partial charge < -0.3 is 15.2 Å². The molecule has 1 aliphatic rings. The molecule has 0 aromatic heterocycles. The van der Waals surface area contributed by atoms with Crippen molar-refractivity contribution in [3.05, 3.63) is 28.5 Å². The zero-order valence-corrected chi connectivity index (χ0v) is 11.1. The van der Waals surface area contributed by atoms with E-state index in [-0.39, 0.29) is 24.1 Å². The van der Waals surface area contributed by atoms with Gasteiger partial charge in [-0.1, -0.05) is 0 Å². The highest BCUT2D eigenvalue weighted by molar-refractivity contribution is 9.10. The normalized spacial score (nSPS) is 27.6. The van der Waals surface area contributed by atoms with Gasteiger partial charge in [0.1, 0.15) is 23.8 Å². The van der Waals surface area contributed by atoms with Crippen molar-refractivity contribution in [2.45, 2.75) is 31.6 Å². The van der Waals surface area contributed by atoms with Crippen LogP contribution in [0, 0.1) is 5.82 Å². The maximum atomic E-state index is 13.1. The lowest BCUT2D eigenvalue weighted by molar-refractivity contribution is -0.0948. The highest BCUT2D eigenvalue weighted by Crippen LogP contribution is 2.32. The first-order valence-corrected chi connectivity index (χ1v) is 6.40.